The van der Waals surface area contributed by atoms with E-state index in [9.17, 15) is 0 Å². The molecular weight excluding hydrogens is 246 g/mol. The van der Waals surface area contributed by atoms with E-state index in [1.807, 2.05) is 0 Å². The Morgan fingerprint density at radius 2 is 2.16 bits per heavy atom. The van der Waals surface area contributed by atoms with Crippen molar-refractivity contribution in [2.24, 2.45) is 0 Å². The minimum Gasteiger partial charge on any atom is -0.474 e. The normalized spacial score (nSPS) is 23.6. The van der Waals surface area contributed by atoms with Crippen LogP contribution in [0.3, 0.4) is 0 Å². The largest absolute Gasteiger partial charge is 0.474 e. The molecule has 0 bridgehead atoms. The zero-order chi connectivity index (χ0) is 13.2. The monoisotopic (exact) mass is 263 g/mol. The van der Waals surface area contributed by atoms with Crippen molar-refractivity contribution < 1.29 is 9.47 Å². The zero-order valence-electron chi connectivity index (χ0n) is 10.8. The lowest BCUT2D eigenvalue weighted by Crippen LogP contribution is -2.29. The minimum atomic E-state index is 0.103. The number of hydrogen-bond acceptors (Lipinski definition) is 6. The van der Waals surface area contributed by atoms with E-state index in [2.05, 4.69) is 20.2 Å². The van der Waals surface area contributed by atoms with E-state index in [1.165, 1.54) is 0 Å². The van der Waals surface area contributed by atoms with Crippen LogP contribution in [0.15, 0.2) is 6.20 Å². The molecule has 7 nitrogen and oxygen atoms in total. The first-order valence-electron chi connectivity index (χ1n) is 6.42. The summed E-state index contributed by atoms with van der Waals surface area (Å²) in [4.78, 5) is 8.23. The summed E-state index contributed by atoms with van der Waals surface area (Å²) in [6.45, 7) is 0. The van der Waals surface area contributed by atoms with Gasteiger partial charge in [-0.1, -0.05) is 0 Å². The molecule has 0 aliphatic heterocycles. The van der Waals surface area contributed by atoms with Crippen LogP contribution in [0.4, 0.5) is 5.95 Å². The fourth-order valence-corrected chi connectivity index (χ4v) is 2.50. The third-order valence-electron chi connectivity index (χ3n) is 3.48. The molecule has 2 heterocycles. The molecule has 1 aliphatic carbocycles. The Hall–Kier alpha value is -1.89. The van der Waals surface area contributed by atoms with Crippen molar-refractivity contribution in [2.75, 3.05) is 12.8 Å². The molecule has 0 radical (unpaired) electrons. The Kier molecular flexibility index (Phi) is 3.20. The second-order valence-corrected chi connectivity index (χ2v) is 4.78. The summed E-state index contributed by atoms with van der Waals surface area (Å²) in [5.74, 6) is 0.684. The summed E-state index contributed by atoms with van der Waals surface area (Å²) in [6, 6.07) is 0. The van der Waals surface area contributed by atoms with Crippen LogP contribution in [-0.2, 0) is 4.74 Å². The molecule has 2 aromatic heterocycles. The molecule has 1 fully saturated rings. The zero-order valence-corrected chi connectivity index (χ0v) is 10.8. The van der Waals surface area contributed by atoms with Gasteiger partial charge in [0.15, 0.2) is 5.65 Å². The van der Waals surface area contributed by atoms with E-state index in [4.69, 9.17) is 15.2 Å². The molecule has 0 amide bonds. The van der Waals surface area contributed by atoms with Gasteiger partial charge in [0.2, 0.25) is 11.8 Å². The molecule has 102 valence electrons. The smallest absolute Gasteiger partial charge is 0.229 e. The number of nitrogen functional groups attached to an aromatic ring is 1. The molecule has 3 N–H and O–H groups in total. The summed E-state index contributed by atoms with van der Waals surface area (Å²) in [5.41, 5.74) is 6.27. The van der Waals surface area contributed by atoms with Gasteiger partial charge in [-0.3, -0.25) is 5.10 Å². The number of fused-ring (bicyclic) bond motifs is 1. The fourth-order valence-electron chi connectivity index (χ4n) is 2.50. The molecule has 1 saturated carbocycles. The SMILES string of the molecule is COC1CCCC(Oc2nc(N)nc3[nH]ncc23)C1. The van der Waals surface area contributed by atoms with E-state index >= 15 is 0 Å². The quantitative estimate of drug-likeness (QED) is 0.865. The summed E-state index contributed by atoms with van der Waals surface area (Å²) in [6.07, 6.45) is 6.08. The van der Waals surface area contributed by atoms with Crippen molar-refractivity contribution in [3.8, 4) is 5.88 Å². The number of anilines is 1. The highest BCUT2D eigenvalue weighted by Gasteiger charge is 2.24. The number of ether oxygens (including phenoxy) is 2. The van der Waals surface area contributed by atoms with Crippen LogP contribution in [-0.4, -0.2) is 39.5 Å². The molecule has 19 heavy (non-hydrogen) atoms. The number of H-pyrrole nitrogens is 1. The van der Waals surface area contributed by atoms with Crippen molar-refractivity contribution in [3.63, 3.8) is 0 Å². The first-order chi connectivity index (χ1) is 9.26. The Morgan fingerprint density at radius 1 is 1.32 bits per heavy atom. The van der Waals surface area contributed by atoms with Crippen molar-refractivity contribution >= 4 is 17.0 Å². The maximum absolute atomic E-state index is 5.97. The van der Waals surface area contributed by atoms with Crippen LogP contribution in [0.2, 0.25) is 0 Å². The van der Waals surface area contributed by atoms with Gasteiger partial charge in [0, 0.05) is 13.5 Å². The highest BCUT2D eigenvalue weighted by atomic mass is 16.5. The number of nitrogens with zero attached hydrogens (tertiary/aromatic N) is 3. The van der Waals surface area contributed by atoms with Crippen molar-refractivity contribution in [3.05, 3.63) is 6.20 Å². The molecule has 7 heteroatoms. The van der Waals surface area contributed by atoms with Crippen molar-refractivity contribution in [1.29, 1.82) is 0 Å². The Balaban J connectivity index is 1.82. The highest BCUT2D eigenvalue weighted by Crippen LogP contribution is 2.28. The van der Waals surface area contributed by atoms with Crippen LogP contribution in [0.1, 0.15) is 25.7 Å². The Labute approximate surface area is 110 Å². The van der Waals surface area contributed by atoms with E-state index in [-0.39, 0.29) is 18.2 Å². The Morgan fingerprint density at radius 3 is 3.00 bits per heavy atom. The molecule has 0 aromatic carbocycles. The second kappa shape index (κ2) is 5.00. The molecule has 2 atom stereocenters. The van der Waals surface area contributed by atoms with Gasteiger partial charge >= 0.3 is 0 Å². The first-order valence-corrected chi connectivity index (χ1v) is 6.42. The van der Waals surface area contributed by atoms with Gasteiger partial charge in [-0.15, -0.1) is 0 Å². The second-order valence-electron chi connectivity index (χ2n) is 4.78. The van der Waals surface area contributed by atoms with Gasteiger partial charge in [-0.05, 0) is 19.3 Å². The number of nitrogens with two attached hydrogens (primary N) is 1. The highest BCUT2D eigenvalue weighted by molar-refractivity contribution is 5.80. The lowest BCUT2D eigenvalue weighted by molar-refractivity contribution is 0.0201. The van der Waals surface area contributed by atoms with Crippen LogP contribution in [0.25, 0.3) is 11.0 Å². The third kappa shape index (κ3) is 2.46. The average molecular weight is 263 g/mol. The summed E-state index contributed by atoms with van der Waals surface area (Å²) in [7, 11) is 1.74. The standard InChI is InChI=1S/C12H17N5O2/c1-18-7-3-2-4-8(5-7)19-11-9-6-14-17-10(9)15-12(13)16-11/h6-8H,2-5H2,1H3,(H3,13,14,15,16,17). The molecule has 2 unspecified atom stereocenters. The number of methoxy groups -OCH3 is 1. The molecular formula is C12H17N5O2. The average Bonchev–Trinajstić information content (AvgIpc) is 2.87. The predicted octanol–water partition coefficient (Wildman–Crippen LogP) is 1.27. The van der Waals surface area contributed by atoms with Crippen molar-refractivity contribution in [2.45, 2.75) is 37.9 Å². The number of hydrogen-bond donors (Lipinski definition) is 2. The molecule has 0 spiro atoms. The maximum Gasteiger partial charge on any atom is 0.229 e. The van der Waals surface area contributed by atoms with Crippen molar-refractivity contribution in [1.82, 2.24) is 20.2 Å². The van der Waals surface area contributed by atoms with Gasteiger partial charge < -0.3 is 15.2 Å². The predicted molar refractivity (Wildman–Crippen MR) is 69.8 cm³/mol. The van der Waals surface area contributed by atoms with Gasteiger partial charge in [0.05, 0.1) is 12.3 Å². The summed E-state index contributed by atoms with van der Waals surface area (Å²) in [5, 5.41) is 7.47. The Bertz CT molecular complexity index is 570. The molecule has 3 rings (SSSR count). The molecule has 2 aromatic rings. The van der Waals surface area contributed by atoms with E-state index < -0.39 is 0 Å². The third-order valence-corrected chi connectivity index (χ3v) is 3.48. The van der Waals surface area contributed by atoms with Crippen LogP contribution >= 0.6 is 0 Å². The van der Waals surface area contributed by atoms with Crippen LogP contribution in [0, 0.1) is 0 Å². The summed E-state index contributed by atoms with van der Waals surface area (Å²) < 4.78 is 11.4. The first kappa shape index (κ1) is 12.2. The minimum absolute atomic E-state index is 0.103. The van der Waals surface area contributed by atoms with E-state index in [0.717, 1.165) is 31.1 Å². The topological polar surface area (TPSA) is 98.9 Å². The number of aromatic nitrogens is 4. The van der Waals surface area contributed by atoms with E-state index in [0.29, 0.717) is 11.5 Å². The maximum atomic E-state index is 5.97. The van der Waals surface area contributed by atoms with Gasteiger partial charge in [-0.2, -0.15) is 15.1 Å². The van der Waals surface area contributed by atoms with Gasteiger partial charge in [0.25, 0.3) is 0 Å². The van der Waals surface area contributed by atoms with Gasteiger partial charge in [-0.25, -0.2) is 0 Å². The summed E-state index contributed by atoms with van der Waals surface area (Å²) >= 11 is 0. The molecule has 1 aliphatic rings. The lowest BCUT2D eigenvalue weighted by Gasteiger charge is -2.28. The number of rotatable bonds is 3. The fraction of sp³-hybridized carbons (Fsp3) is 0.583. The lowest BCUT2D eigenvalue weighted by atomic mass is 9.95. The van der Waals surface area contributed by atoms with Crippen LogP contribution < -0.4 is 10.5 Å². The van der Waals surface area contributed by atoms with Gasteiger partial charge in [0.1, 0.15) is 11.5 Å². The van der Waals surface area contributed by atoms with Crippen LogP contribution in [0.5, 0.6) is 5.88 Å². The molecule has 0 saturated heterocycles. The number of aromatic amines is 1. The van der Waals surface area contributed by atoms with E-state index in [1.54, 1.807) is 13.3 Å². The number of nitrogens with one attached hydrogen (secondary N) is 1.